The summed E-state index contributed by atoms with van der Waals surface area (Å²) in [4.78, 5) is 19.1. The van der Waals surface area contributed by atoms with Crippen molar-refractivity contribution < 1.29 is 0 Å². The van der Waals surface area contributed by atoms with Crippen LogP contribution in [-0.2, 0) is 0 Å². The van der Waals surface area contributed by atoms with Crippen LogP contribution in [0.1, 0.15) is 0 Å². The van der Waals surface area contributed by atoms with E-state index in [1.165, 1.54) is 10.3 Å². The monoisotopic (exact) mass is 234 g/mol. The van der Waals surface area contributed by atoms with Crippen LogP contribution < -0.4 is 5.43 Å². The molecule has 0 fully saturated rings. The summed E-state index contributed by atoms with van der Waals surface area (Å²) in [6.45, 7) is 0. The van der Waals surface area contributed by atoms with E-state index in [0.717, 1.165) is 10.1 Å². The van der Waals surface area contributed by atoms with E-state index in [2.05, 4.69) is 9.97 Å². The minimum atomic E-state index is -0.0137. The van der Waals surface area contributed by atoms with Crippen molar-refractivity contribution >= 4 is 41.8 Å². The van der Waals surface area contributed by atoms with Crippen molar-refractivity contribution in [2.75, 3.05) is 0 Å². The predicted octanol–water partition coefficient (Wildman–Crippen LogP) is 2.76. The molecule has 0 bridgehead atoms. The zero-order valence-corrected chi connectivity index (χ0v) is 9.19. The van der Waals surface area contributed by atoms with Gasteiger partial charge in [-0.3, -0.25) is 4.79 Å². The molecule has 0 aliphatic heterocycles. The maximum Gasteiger partial charge on any atom is 0.229 e. The third-order valence-corrected chi connectivity index (χ3v) is 4.14. The average molecular weight is 234 g/mol. The standard InChI is InChI=1S/C10H6N2OS2/c13-9-7-6(3-1-2-4-11-7)10-8(9)12-5-14-15-10/h1-5,11H. The second-order valence-electron chi connectivity index (χ2n) is 3.07. The summed E-state index contributed by atoms with van der Waals surface area (Å²) in [5, 5.41) is 0.953. The average Bonchev–Trinajstić information content (AvgIpc) is 2.48. The summed E-state index contributed by atoms with van der Waals surface area (Å²) in [5.41, 5.74) is 2.89. The molecular weight excluding hydrogens is 228 g/mol. The van der Waals surface area contributed by atoms with Crippen LogP contribution >= 0.6 is 20.7 Å². The quantitative estimate of drug-likeness (QED) is 0.608. The number of aromatic nitrogens is 2. The zero-order valence-electron chi connectivity index (χ0n) is 7.56. The summed E-state index contributed by atoms with van der Waals surface area (Å²) in [6, 6.07) is 5.73. The van der Waals surface area contributed by atoms with Gasteiger partial charge in [-0.1, -0.05) is 32.8 Å². The molecule has 3 rings (SSSR count). The van der Waals surface area contributed by atoms with Crippen molar-refractivity contribution in [3.8, 4) is 0 Å². The molecule has 0 aliphatic carbocycles. The minimum absolute atomic E-state index is 0.0137. The van der Waals surface area contributed by atoms with E-state index in [0.29, 0.717) is 11.0 Å². The van der Waals surface area contributed by atoms with Crippen LogP contribution in [0, 0.1) is 0 Å². The van der Waals surface area contributed by atoms with Crippen molar-refractivity contribution in [1.82, 2.24) is 9.97 Å². The van der Waals surface area contributed by atoms with Crippen LogP contribution in [-0.4, -0.2) is 9.97 Å². The number of nitrogens with one attached hydrogen (secondary N) is 1. The fourth-order valence-electron chi connectivity index (χ4n) is 1.57. The molecule has 3 aromatic rings. The lowest BCUT2D eigenvalue weighted by Crippen LogP contribution is -1.96. The summed E-state index contributed by atoms with van der Waals surface area (Å²) >= 11 is 0. The second kappa shape index (κ2) is 3.29. The van der Waals surface area contributed by atoms with Crippen LogP contribution in [0.15, 0.2) is 34.7 Å². The molecular formula is C10H6N2OS2. The van der Waals surface area contributed by atoms with Gasteiger partial charge in [0.15, 0.2) is 0 Å². The van der Waals surface area contributed by atoms with E-state index in [4.69, 9.17) is 0 Å². The summed E-state index contributed by atoms with van der Waals surface area (Å²) < 4.78 is 0.968. The molecule has 3 nitrogen and oxygen atoms in total. The van der Waals surface area contributed by atoms with Crippen LogP contribution in [0.3, 0.4) is 0 Å². The molecule has 15 heavy (non-hydrogen) atoms. The van der Waals surface area contributed by atoms with Crippen molar-refractivity contribution in [2.24, 2.45) is 0 Å². The molecule has 0 radical (unpaired) electrons. The van der Waals surface area contributed by atoms with Crippen LogP contribution in [0.2, 0.25) is 0 Å². The molecule has 0 unspecified atom stereocenters. The Bertz CT molecular complexity index is 708. The largest absolute Gasteiger partial charge is 0.358 e. The lowest BCUT2D eigenvalue weighted by molar-refractivity contribution is 1.42. The van der Waals surface area contributed by atoms with Crippen molar-refractivity contribution in [3.05, 3.63) is 40.1 Å². The molecule has 2 aromatic heterocycles. The Kier molecular flexibility index (Phi) is 1.93. The number of hydrogen-bond acceptors (Lipinski definition) is 4. The van der Waals surface area contributed by atoms with E-state index in [9.17, 15) is 4.79 Å². The molecule has 0 saturated heterocycles. The van der Waals surface area contributed by atoms with E-state index in [-0.39, 0.29) is 5.43 Å². The normalized spacial score (nSPS) is 10.9. The molecule has 1 aromatic carbocycles. The number of hydrogen-bond donors (Lipinski definition) is 1. The van der Waals surface area contributed by atoms with Gasteiger partial charge >= 0.3 is 0 Å². The van der Waals surface area contributed by atoms with Crippen molar-refractivity contribution in [1.29, 1.82) is 0 Å². The molecule has 5 heteroatoms. The Morgan fingerprint density at radius 3 is 3.20 bits per heavy atom. The first kappa shape index (κ1) is 8.82. The van der Waals surface area contributed by atoms with Gasteiger partial charge in [0, 0.05) is 11.6 Å². The number of aromatic amines is 1. The smallest absolute Gasteiger partial charge is 0.229 e. The number of nitrogens with zero attached hydrogens (tertiary/aromatic N) is 1. The maximum absolute atomic E-state index is 11.9. The molecule has 2 heterocycles. The SMILES string of the molecule is O=c1c2ncssc2c2cccc[nH]c12. The fraction of sp³-hybridized carbons (Fsp3) is 0. The molecule has 74 valence electrons. The van der Waals surface area contributed by atoms with Gasteiger partial charge in [0.25, 0.3) is 0 Å². The zero-order chi connectivity index (χ0) is 10.3. The highest BCUT2D eigenvalue weighted by molar-refractivity contribution is 7.70. The van der Waals surface area contributed by atoms with E-state index < -0.39 is 0 Å². The van der Waals surface area contributed by atoms with E-state index >= 15 is 0 Å². The van der Waals surface area contributed by atoms with Gasteiger partial charge in [-0.05, 0) is 6.07 Å². The van der Waals surface area contributed by atoms with Gasteiger partial charge < -0.3 is 4.98 Å². The van der Waals surface area contributed by atoms with Gasteiger partial charge in [0.1, 0.15) is 5.52 Å². The van der Waals surface area contributed by atoms with Gasteiger partial charge in [0.05, 0.1) is 15.7 Å². The topological polar surface area (TPSA) is 45.8 Å². The Hall–Kier alpha value is -1.46. The highest BCUT2D eigenvalue weighted by Gasteiger charge is 2.10. The summed E-state index contributed by atoms with van der Waals surface area (Å²) in [7, 11) is 3.12. The molecule has 0 aliphatic rings. The molecule has 0 saturated carbocycles. The van der Waals surface area contributed by atoms with Crippen LogP contribution in [0.5, 0.6) is 0 Å². The maximum atomic E-state index is 11.9. The lowest BCUT2D eigenvalue weighted by atomic mass is 10.4. The highest BCUT2D eigenvalue weighted by atomic mass is 32.9. The molecule has 0 atom stereocenters. The van der Waals surface area contributed by atoms with E-state index in [1.54, 1.807) is 22.0 Å². The lowest BCUT2D eigenvalue weighted by Gasteiger charge is -1.83. The number of rotatable bonds is 0. The van der Waals surface area contributed by atoms with E-state index in [1.807, 2.05) is 18.2 Å². The minimum Gasteiger partial charge on any atom is -0.358 e. The first-order chi connectivity index (χ1) is 7.38. The number of fused-ring (bicyclic) bond motifs is 3. The van der Waals surface area contributed by atoms with Gasteiger partial charge in [0.2, 0.25) is 5.43 Å². The predicted molar refractivity (Wildman–Crippen MR) is 64.4 cm³/mol. The second-order valence-corrected chi connectivity index (χ2v) is 5.13. The Morgan fingerprint density at radius 1 is 1.33 bits per heavy atom. The van der Waals surface area contributed by atoms with Gasteiger partial charge in [-0.15, -0.1) is 0 Å². The third-order valence-electron chi connectivity index (χ3n) is 2.23. The summed E-state index contributed by atoms with van der Waals surface area (Å²) in [6.07, 6.45) is 1.76. The Labute approximate surface area is 92.1 Å². The highest BCUT2D eigenvalue weighted by Crippen LogP contribution is 2.25. The summed E-state index contributed by atoms with van der Waals surface area (Å²) in [5.74, 6) is 0. The Morgan fingerprint density at radius 2 is 2.27 bits per heavy atom. The van der Waals surface area contributed by atoms with Crippen molar-refractivity contribution in [3.63, 3.8) is 0 Å². The van der Waals surface area contributed by atoms with Gasteiger partial charge in [-0.25, -0.2) is 4.98 Å². The van der Waals surface area contributed by atoms with Crippen LogP contribution in [0.4, 0.5) is 0 Å². The van der Waals surface area contributed by atoms with Gasteiger partial charge in [-0.2, -0.15) is 0 Å². The Balaban J connectivity index is 2.74. The van der Waals surface area contributed by atoms with Crippen LogP contribution in [0.25, 0.3) is 21.1 Å². The third kappa shape index (κ3) is 1.24. The first-order valence-corrected chi connectivity index (χ1v) is 6.58. The number of H-pyrrole nitrogens is 1. The first-order valence-electron chi connectivity index (χ1n) is 4.37. The van der Waals surface area contributed by atoms with Crippen molar-refractivity contribution in [2.45, 2.75) is 0 Å². The fourth-order valence-corrected chi connectivity index (χ4v) is 3.40. The molecule has 0 spiro atoms. The molecule has 0 amide bonds. The molecule has 1 N–H and O–H groups in total.